The number of piperazine rings is 1. The van der Waals surface area contributed by atoms with Crippen LogP contribution in [0.2, 0.25) is 0 Å². The second kappa shape index (κ2) is 8.57. The van der Waals surface area contributed by atoms with Crippen LogP contribution < -0.4 is 4.90 Å². The van der Waals surface area contributed by atoms with Crippen LogP contribution in [0, 0.1) is 0 Å². The van der Waals surface area contributed by atoms with Crippen LogP contribution in [0.1, 0.15) is 13.8 Å². The van der Waals surface area contributed by atoms with E-state index in [-0.39, 0.29) is 5.91 Å². The Morgan fingerprint density at radius 3 is 3.00 bits per heavy atom. The molecule has 1 aliphatic heterocycles. The Labute approximate surface area is 136 Å². The number of anilines is 1. The van der Waals surface area contributed by atoms with Crippen LogP contribution in [0.4, 0.5) is 5.13 Å². The van der Waals surface area contributed by atoms with E-state index in [0.29, 0.717) is 12.6 Å². The molecule has 0 radical (unpaired) electrons. The highest BCUT2D eigenvalue weighted by Crippen LogP contribution is 2.16. The Morgan fingerprint density at radius 2 is 2.36 bits per heavy atom. The molecule has 124 valence electrons. The minimum Gasteiger partial charge on any atom is -0.380 e. The zero-order valence-corrected chi connectivity index (χ0v) is 14.5. The van der Waals surface area contributed by atoms with Crippen molar-refractivity contribution in [1.29, 1.82) is 0 Å². The fraction of sp³-hybridized carbons (Fsp3) is 0.733. The van der Waals surface area contributed by atoms with Crippen molar-refractivity contribution in [1.82, 2.24) is 14.8 Å². The number of carbonyl (C=O) groups is 1. The molecule has 2 heterocycles. The van der Waals surface area contributed by atoms with E-state index in [1.807, 2.05) is 12.3 Å². The van der Waals surface area contributed by atoms with Gasteiger partial charge in [0.05, 0.1) is 13.2 Å². The molecule has 1 aromatic heterocycles. The van der Waals surface area contributed by atoms with Crippen molar-refractivity contribution in [2.24, 2.45) is 0 Å². The van der Waals surface area contributed by atoms with Crippen LogP contribution in [0.3, 0.4) is 0 Å². The summed E-state index contributed by atoms with van der Waals surface area (Å²) in [5.74, 6) is 0.102. The highest BCUT2D eigenvalue weighted by Gasteiger charge is 2.25. The van der Waals surface area contributed by atoms with Crippen LogP contribution in [0.25, 0.3) is 0 Å². The number of likely N-dealkylation sites (N-methyl/N-ethyl adjacent to an activating group) is 1. The first kappa shape index (κ1) is 17.3. The molecular formula is C15H26N4O2S. The number of carbonyl (C=O) groups excluding carboxylic acids is 1. The van der Waals surface area contributed by atoms with Crippen molar-refractivity contribution >= 4 is 22.4 Å². The average molecular weight is 326 g/mol. The number of ether oxygens (including phenoxy) is 1. The van der Waals surface area contributed by atoms with Gasteiger partial charge in [0.25, 0.3) is 0 Å². The third kappa shape index (κ3) is 4.74. The maximum absolute atomic E-state index is 12.3. The lowest BCUT2D eigenvalue weighted by Crippen LogP contribution is -2.54. The largest absolute Gasteiger partial charge is 0.380 e. The summed E-state index contributed by atoms with van der Waals surface area (Å²) in [5, 5.41) is 2.65. The van der Waals surface area contributed by atoms with E-state index in [0.717, 1.165) is 44.5 Å². The van der Waals surface area contributed by atoms with Gasteiger partial charge >= 0.3 is 0 Å². The highest BCUT2D eigenvalue weighted by molar-refractivity contribution is 7.13. The molecule has 0 N–H and O–H groups in total. The molecule has 1 amide bonds. The molecule has 1 aliphatic rings. The number of nitrogens with zero attached hydrogens (tertiary/aromatic N) is 4. The SMILES string of the molecule is CCOCCN1CCN(CC(=O)N(C)c2nccs2)C[C@@H]1C. The summed E-state index contributed by atoms with van der Waals surface area (Å²) < 4.78 is 5.43. The quantitative estimate of drug-likeness (QED) is 0.704. The van der Waals surface area contributed by atoms with Gasteiger partial charge in [0.2, 0.25) is 5.91 Å². The molecule has 6 nitrogen and oxygen atoms in total. The number of hydrogen-bond acceptors (Lipinski definition) is 6. The molecule has 0 unspecified atom stereocenters. The standard InChI is InChI=1S/C15H26N4O2S/c1-4-21-9-8-19-7-6-18(11-13(19)2)12-14(20)17(3)15-16-5-10-22-15/h5,10,13H,4,6-9,11-12H2,1-3H3/t13-/m0/s1. The smallest absolute Gasteiger partial charge is 0.242 e. The molecule has 0 spiro atoms. The zero-order chi connectivity index (χ0) is 15.9. The first-order valence-electron chi connectivity index (χ1n) is 7.82. The van der Waals surface area contributed by atoms with E-state index in [2.05, 4.69) is 21.7 Å². The monoisotopic (exact) mass is 326 g/mol. The predicted molar refractivity (Wildman–Crippen MR) is 89.5 cm³/mol. The second-order valence-electron chi connectivity index (χ2n) is 5.58. The topological polar surface area (TPSA) is 48.9 Å². The van der Waals surface area contributed by atoms with Crippen LogP contribution in [-0.4, -0.2) is 79.7 Å². The Balaban J connectivity index is 1.77. The first-order chi connectivity index (χ1) is 10.6. The van der Waals surface area contributed by atoms with Gasteiger partial charge in [-0.1, -0.05) is 0 Å². The summed E-state index contributed by atoms with van der Waals surface area (Å²) in [5.41, 5.74) is 0. The van der Waals surface area contributed by atoms with Crippen molar-refractivity contribution in [3.63, 3.8) is 0 Å². The van der Waals surface area contributed by atoms with Gasteiger partial charge in [-0.3, -0.25) is 19.5 Å². The minimum absolute atomic E-state index is 0.102. The van der Waals surface area contributed by atoms with Crippen molar-refractivity contribution in [2.75, 3.05) is 57.9 Å². The molecule has 22 heavy (non-hydrogen) atoms. The molecule has 1 saturated heterocycles. The van der Waals surface area contributed by atoms with Crippen molar-refractivity contribution in [3.8, 4) is 0 Å². The molecule has 0 bridgehead atoms. The lowest BCUT2D eigenvalue weighted by atomic mass is 10.2. The van der Waals surface area contributed by atoms with E-state index in [4.69, 9.17) is 4.74 Å². The lowest BCUT2D eigenvalue weighted by molar-refractivity contribution is -0.120. The maximum Gasteiger partial charge on any atom is 0.242 e. The Hall–Kier alpha value is -1.02. The summed E-state index contributed by atoms with van der Waals surface area (Å²) in [7, 11) is 1.79. The Bertz CT molecular complexity index is 454. The van der Waals surface area contributed by atoms with Crippen LogP contribution in [0.15, 0.2) is 11.6 Å². The fourth-order valence-corrected chi connectivity index (χ4v) is 3.28. The van der Waals surface area contributed by atoms with Gasteiger partial charge in [-0.25, -0.2) is 4.98 Å². The molecule has 0 aliphatic carbocycles. The van der Waals surface area contributed by atoms with Gasteiger partial charge in [-0.15, -0.1) is 11.3 Å². The van der Waals surface area contributed by atoms with Crippen molar-refractivity contribution in [2.45, 2.75) is 19.9 Å². The first-order valence-corrected chi connectivity index (χ1v) is 8.70. The van der Waals surface area contributed by atoms with Gasteiger partial charge in [-0.05, 0) is 13.8 Å². The van der Waals surface area contributed by atoms with Gasteiger partial charge in [0.1, 0.15) is 0 Å². The summed E-state index contributed by atoms with van der Waals surface area (Å²) in [4.78, 5) is 22.8. The summed E-state index contributed by atoms with van der Waals surface area (Å²) in [6, 6.07) is 0.451. The number of amides is 1. The molecule has 7 heteroatoms. The van der Waals surface area contributed by atoms with Crippen molar-refractivity contribution in [3.05, 3.63) is 11.6 Å². The number of thiazole rings is 1. The molecule has 0 aromatic carbocycles. The van der Waals surface area contributed by atoms with Crippen LogP contribution in [-0.2, 0) is 9.53 Å². The lowest BCUT2D eigenvalue weighted by Gasteiger charge is -2.39. The normalized spacial score (nSPS) is 20.2. The van der Waals surface area contributed by atoms with Crippen LogP contribution >= 0.6 is 11.3 Å². The molecular weight excluding hydrogens is 300 g/mol. The van der Waals surface area contributed by atoms with E-state index >= 15 is 0 Å². The van der Waals surface area contributed by atoms with E-state index in [1.54, 1.807) is 18.1 Å². The van der Waals surface area contributed by atoms with Crippen LogP contribution in [0.5, 0.6) is 0 Å². The second-order valence-corrected chi connectivity index (χ2v) is 6.46. The minimum atomic E-state index is 0.102. The fourth-order valence-electron chi connectivity index (χ4n) is 2.66. The average Bonchev–Trinajstić information content (AvgIpc) is 3.03. The molecule has 1 fully saturated rings. The molecule has 2 rings (SSSR count). The zero-order valence-electron chi connectivity index (χ0n) is 13.7. The van der Waals surface area contributed by atoms with Gasteiger partial charge in [0, 0.05) is 57.5 Å². The molecule has 0 saturated carbocycles. The molecule has 1 atom stereocenters. The summed E-state index contributed by atoms with van der Waals surface area (Å²) in [6.45, 7) is 10.0. The van der Waals surface area contributed by atoms with Crippen molar-refractivity contribution < 1.29 is 9.53 Å². The predicted octanol–water partition coefficient (Wildman–Crippen LogP) is 1.15. The maximum atomic E-state index is 12.3. The summed E-state index contributed by atoms with van der Waals surface area (Å²) >= 11 is 1.49. The van der Waals surface area contributed by atoms with E-state index in [1.165, 1.54) is 11.3 Å². The number of aromatic nitrogens is 1. The third-order valence-corrected chi connectivity index (χ3v) is 4.86. The van der Waals surface area contributed by atoms with Gasteiger partial charge in [0.15, 0.2) is 5.13 Å². The molecule has 1 aromatic rings. The Morgan fingerprint density at radius 1 is 1.55 bits per heavy atom. The number of hydrogen-bond donors (Lipinski definition) is 0. The van der Waals surface area contributed by atoms with E-state index < -0.39 is 0 Å². The summed E-state index contributed by atoms with van der Waals surface area (Å²) in [6.07, 6.45) is 1.73. The number of rotatable bonds is 7. The third-order valence-electron chi connectivity index (χ3n) is 4.02. The van der Waals surface area contributed by atoms with Gasteiger partial charge < -0.3 is 4.74 Å². The van der Waals surface area contributed by atoms with E-state index in [9.17, 15) is 4.79 Å². The van der Waals surface area contributed by atoms with Gasteiger partial charge in [-0.2, -0.15) is 0 Å². The Kier molecular flexibility index (Phi) is 6.75. The highest BCUT2D eigenvalue weighted by atomic mass is 32.1.